The zero-order valence-electron chi connectivity index (χ0n) is 29.8. The number of ether oxygens (including phenoxy) is 1. The van der Waals surface area contributed by atoms with Crippen molar-refractivity contribution in [3.05, 3.63) is 84.7 Å². The third kappa shape index (κ3) is 8.28. The predicted molar refractivity (Wildman–Crippen MR) is 196 cm³/mol. The first-order valence-electron chi connectivity index (χ1n) is 17.3. The molecule has 5 heterocycles. The van der Waals surface area contributed by atoms with Gasteiger partial charge in [0.1, 0.15) is 29.5 Å². The molecule has 2 aliphatic carbocycles. The average molecular weight is 784 g/mol. The normalized spacial score (nSPS) is 17.6. The molecule has 4 aromatic heterocycles. The average Bonchev–Trinajstić information content (AvgIpc) is 4.07. The van der Waals surface area contributed by atoms with Gasteiger partial charge in [0, 0.05) is 55.3 Å². The van der Waals surface area contributed by atoms with E-state index in [9.17, 15) is 33.5 Å². The zero-order chi connectivity index (χ0) is 39.7. The number of anilines is 1. The minimum Gasteiger partial charge on any atom is -0.477 e. The largest absolute Gasteiger partial charge is 0.477 e. The van der Waals surface area contributed by atoms with E-state index in [1.807, 2.05) is 0 Å². The van der Waals surface area contributed by atoms with Gasteiger partial charge in [-0.25, -0.2) is 33.1 Å². The number of carbonyl (C=O) groups is 3. The standard InChI is InChI=1S/C24H28FN5O6.C12H8ClFN2O3/c1-4-36-20(31)7-13(2)26-9-14-10-29(12-19(14)28-35-3)23-18(25)8-16-21(32)17(24(33)34)11-30(15-5-6-15)22(16)27-23;13-10-8(14)3-6-9(17)7(12(18)19)4-16(5-1-2-5)11(6)15-10/h7-8,11,14-15,26H,4-6,9-10,12H2,1-3H3,(H,33,34);3-5H,1-2H2,(H,18,19)/b13-7-,28-19+;. The monoisotopic (exact) mass is 783 g/mol. The number of carbonyl (C=O) groups excluding carboxylic acids is 1. The van der Waals surface area contributed by atoms with Gasteiger partial charge in [-0.05, 0) is 51.7 Å². The van der Waals surface area contributed by atoms with Crippen molar-refractivity contribution in [2.24, 2.45) is 11.1 Å². The minimum atomic E-state index is -1.36. The Morgan fingerprint density at radius 1 is 0.964 bits per heavy atom. The van der Waals surface area contributed by atoms with Crippen LogP contribution in [0.15, 0.2) is 51.0 Å². The van der Waals surface area contributed by atoms with E-state index in [-0.39, 0.29) is 69.8 Å². The van der Waals surface area contributed by atoms with Crippen LogP contribution in [0.25, 0.3) is 22.1 Å². The number of oxime groups is 1. The molecule has 55 heavy (non-hydrogen) atoms. The molecule has 290 valence electrons. The molecule has 1 aliphatic heterocycles. The molecular formula is C36H36ClF2N7O9. The minimum absolute atomic E-state index is 0.0207. The Morgan fingerprint density at radius 3 is 2.02 bits per heavy atom. The Bertz CT molecular complexity index is 2410. The van der Waals surface area contributed by atoms with Gasteiger partial charge in [-0.3, -0.25) is 9.59 Å². The predicted octanol–water partition coefficient (Wildman–Crippen LogP) is 4.29. The van der Waals surface area contributed by atoms with Gasteiger partial charge >= 0.3 is 17.9 Å². The molecule has 7 rings (SSSR count). The number of carboxylic acid groups (broad SMARTS) is 2. The van der Waals surface area contributed by atoms with E-state index in [2.05, 4.69) is 20.4 Å². The van der Waals surface area contributed by atoms with E-state index in [4.69, 9.17) is 26.3 Å². The highest BCUT2D eigenvalue weighted by molar-refractivity contribution is 6.29. The van der Waals surface area contributed by atoms with Gasteiger partial charge in [0.2, 0.25) is 10.9 Å². The Hall–Kier alpha value is -5.91. The fourth-order valence-corrected chi connectivity index (χ4v) is 6.41. The van der Waals surface area contributed by atoms with Crippen LogP contribution in [-0.2, 0) is 14.4 Å². The van der Waals surface area contributed by atoms with Crippen molar-refractivity contribution >= 4 is 63.1 Å². The number of carboxylic acids is 2. The topological polar surface area (TPSA) is 208 Å². The van der Waals surface area contributed by atoms with Gasteiger partial charge in [0.15, 0.2) is 22.6 Å². The van der Waals surface area contributed by atoms with Crippen LogP contribution >= 0.6 is 11.6 Å². The van der Waals surface area contributed by atoms with Crippen molar-refractivity contribution in [1.82, 2.24) is 24.4 Å². The van der Waals surface area contributed by atoms with Crippen molar-refractivity contribution in [2.45, 2.75) is 51.6 Å². The van der Waals surface area contributed by atoms with Gasteiger partial charge in [-0.15, -0.1) is 0 Å². The number of pyridine rings is 4. The number of fused-ring (bicyclic) bond motifs is 2. The first-order chi connectivity index (χ1) is 26.2. The number of esters is 1. The quantitative estimate of drug-likeness (QED) is 0.0841. The van der Waals surface area contributed by atoms with Gasteiger partial charge < -0.3 is 39.1 Å². The van der Waals surface area contributed by atoms with E-state index in [1.54, 1.807) is 27.9 Å². The molecule has 0 spiro atoms. The molecule has 0 aromatic carbocycles. The second kappa shape index (κ2) is 15.8. The summed E-state index contributed by atoms with van der Waals surface area (Å²) in [7, 11) is 1.43. The van der Waals surface area contributed by atoms with E-state index in [0.29, 0.717) is 24.5 Å². The van der Waals surface area contributed by atoms with Crippen LogP contribution < -0.4 is 21.1 Å². The second-order valence-electron chi connectivity index (χ2n) is 13.2. The molecule has 3 fully saturated rings. The van der Waals surface area contributed by atoms with E-state index >= 15 is 4.39 Å². The van der Waals surface area contributed by atoms with Crippen LogP contribution in [0.5, 0.6) is 0 Å². The maximum atomic E-state index is 15.3. The highest BCUT2D eigenvalue weighted by Crippen LogP contribution is 2.38. The van der Waals surface area contributed by atoms with E-state index in [1.165, 1.54) is 25.6 Å². The number of halogens is 3. The number of rotatable bonds is 11. The van der Waals surface area contributed by atoms with Gasteiger partial charge in [0.25, 0.3) is 0 Å². The summed E-state index contributed by atoms with van der Waals surface area (Å²) in [5, 5.41) is 25.2. The number of allylic oxidation sites excluding steroid dienone is 1. The highest BCUT2D eigenvalue weighted by atomic mass is 35.5. The van der Waals surface area contributed by atoms with Crippen molar-refractivity contribution in [3.63, 3.8) is 0 Å². The SMILES string of the molecule is CCOC(=O)/C=C(/C)NCC1CN(c2nc3c(cc2F)c(=O)c(C(=O)O)cn3C2CC2)C/C1=N\OC.O=C(O)c1cn(C2CC2)c2nc(Cl)c(F)cc2c1=O. The third-order valence-corrected chi connectivity index (χ3v) is 9.48. The molecule has 19 heteroatoms. The fourth-order valence-electron chi connectivity index (χ4n) is 6.27. The molecule has 16 nitrogen and oxygen atoms in total. The molecule has 3 N–H and O–H groups in total. The summed E-state index contributed by atoms with van der Waals surface area (Å²) in [5.74, 6) is -4.84. The summed E-state index contributed by atoms with van der Waals surface area (Å²) in [6.07, 6.45) is 7.30. The fraction of sp³-hybridized carbons (Fsp3) is 0.389. The van der Waals surface area contributed by atoms with Gasteiger partial charge in [-0.1, -0.05) is 16.8 Å². The first-order valence-corrected chi connectivity index (χ1v) is 17.7. The Kier molecular flexibility index (Phi) is 11.2. The summed E-state index contributed by atoms with van der Waals surface area (Å²) in [6.45, 7) is 4.76. The molecule has 0 amide bonds. The van der Waals surface area contributed by atoms with Crippen molar-refractivity contribution < 1.29 is 43.0 Å². The smallest absolute Gasteiger partial charge is 0.341 e. The van der Waals surface area contributed by atoms with Crippen LogP contribution in [0.3, 0.4) is 0 Å². The van der Waals surface area contributed by atoms with E-state index < -0.39 is 46.0 Å². The zero-order valence-corrected chi connectivity index (χ0v) is 30.6. The molecule has 4 aromatic rings. The lowest BCUT2D eigenvalue weighted by molar-refractivity contribution is -0.137. The summed E-state index contributed by atoms with van der Waals surface area (Å²) < 4.78 is 36.8. The van der Waals surface area contributed by atoms with Crippen molar-refractivity contribution in [1.29, 1.82) is 0 Å². The number of hydrogen-bond acceptors (Lipinski definition) is 12. The molecular weight excluding hydrogens is 748 g/mol. The lowest BCUT2D eigenvalue weighted by Crippen LogP contribution is -2.28. The number of aromatic carboxylic acids is 2. The van der Waals surface area contributed by atoms with Crippen LogP contribution in [0.2, 0.25) is 5.15 Å². The van der Waals surface area contributed by atoms with Crippen LogP contribution in [0.4, 0.5) is 14.6 Å². The van der Waals surface area contributed by atoms with Gasteiger partial charge in [-0.2, -0.15) is 0 Å². The maximum Gasteiger partial charge on any atom is 0.341 e. The third-order valence-electron chi connectivity index (χ3n) is 9.22. The van der Waals surface area contributed by atoms with Crippen LogP contribution in [0, 0.1) is 17.6 Å². The second-order valence-corrected chi connectivity index (χ2v) is 13.6. The molecule has 2 saturated carbocycles. The van der Waals surface area contributed by atoms with Crippen molar-refractivity contribution in [3.8, 4) is 0 Å². The first kappa shape index (κ1) is 38.8. The summed E-state index contributed by atoms with van der Waals surface area (Å²) >= 11 is 5.62. The highest BCUT2D eigenvalue weighted by Gasteiger charge is 2.34. The van der Waals surface area contributed by atoms with Crippen LogP contribution in [0.1, 0.15) is 72.3 Å². The lowest BCUT2D eigenvalue weighted by atomic mass is 10.1. The Morgan fingerprint density at radius 2 is 1.51 bits per heavy atom. The number of hydrogen-bond donors (Lipinski definition) is 3. The summed E-state index contributed by atoms with van der Waals surface area (Å²) in [4.78, 5) is 74.0. The Labute approximate surface area is 315 Å². The van der Waals surface area contributed by atoms with Crippen molar-refractivity contribution in [2.75, 3.05) is 38.3 Å². The van der Waals surface area contributed by atoms with Gasteiger partial charge in [0.05, 0.1) is 29.6 Å². The molecule has 1 atom stereocenters. The van der Waals surface area contributed by atoms with E-state index in [0.717, 1.165) is 37.8 Å². The molecule has 0 bridgehead atoms. The van der Waals surface area contributed by atoms with Crippen LogP contribution in [-0.4, -0.2) is 86.3 Å². The Balaban J connectivity index is 0.000000226. The molecule has 0 radical (unpaired) electrons. The number of nitrogens with one attached hydrogen (secondary N) is 1. The number of aromatic nitrogens is 4. The lowest BCUT2D eigenvalue weighted by Gasteiger charge is -2.20. The maximum absolute atomic E-state index is 15.3. The summed E-state index contributed by atoms with van der Waals surface area (Å²) in [6, 6.07) is 2.12. The summed E-state index contributed by atoms with van der Waals surface area (Å²) in [5.41, 5.74) is -0.548. The number of nitrogens with zero attached hydrogens (tertiary/aromatic N) is 6. The molecule has 1 unspecified atom stereocenters. The molecule has 3 aliphatic rings. The molecule has 1 saturated heterocycles.